The molecule has 1 heterocycles. The number of halogens is 1. The molecule has 1 amide bonds. The van der Waals surface area contributed by atoms with E-state index in [1.807, 2.05) is 44.3 Å². The first-order valence-electron chi connectivity index (χ1n) is 13.8. The van der Waals surface area contributed by atoms with Gasteiger partial charge in [-0.3, -0.25) is 4.79 Å². The van der Waals surface area contributed by atoms with Crippen molar-refractivity contribution in [1.29, 1.82) is 0 Å². The summed E-state index contributed by atoms with van der Waals surface area (Å²) in [5, 5.41) is 12.8. The molecular weight excluding hydrogens is 564 g/mol. The minimum Gasteiger partial charge on any atom is -0.392 e. The first-order chi connectivity index (χ1) is 18.9. The summed E-state index contributed by atoms with van der Waals surface area (Å²) < 4.78 is 26.1. The molecule has 9 heteroatoms. The Kier molecular flexibility index (Phi) is 8.18. The van der Waals surface area contributed by atoms with E-state index in [0.29, 0.717) is 16.6 Å². The Morgan fingerprint density at radius 3 is 2.55 bits per heavy atom. The SMILES string of the molecule is C[C@H](C(=O)N(C)Cc1ccccc1)[C@H]1CC[C@@]2(C)Cc3sc(CS(=O)(=O)c4ccc(Cl)cc4)nc3[C@@H](C)[C@@H]2[C@H]1O. The van der Waals surface area contributed by atoms with E-state index in [9.17, 15) is 18.3 Å². The molecule has 1 saturated carbocycles. The predicted molar refractivity (Wildman–Crippen MR) is 159 cm³/mol. The lowest BCUT2D eigenvalue weighted by Gasteiger charge is -2.53. The van der Waals surface area contributed by atoms with Gasteiger partial charge in [0.25, 0.3) is 0 Å². The van der Waals surface area contributed by atoms with Crippen molar-refractivity contribution in [2.75, 3.05) is 7.05 Å². The predicted octanol–water partition coefficient (Wildman–Crippen LogP) is 6.12. The van der Waals surface area contributed by atoms with Crippen LogP contribution in [0.25, 0.3) is 0 Å². The largest absolute Gasteiger partial charge is 0.392 e. The average molecular weight is 601 g/mol. The van der Waals surface area contributed by atoms with Gasteiger partial charge in [-0.15, -0.1) is 11.3 Å². The number of amides is 1. The van der Waals surface area contributed by atoms with Crippen molar-refractivity contribution >= 4 is 38.7 Å². The fourth-order valence-electron chi connectivity index (χ4n) is 7.01. The van der Waals surface area contributed by atoms with Crippen LogP contribution >= 0.6 is 22.9 Å². The summed E-state index contributed by atoms with van der Waals surface area (Å²) in [4.78, 5) is 21.4. The van der Waals surface area contributed by atoms with Crippen molar-refractivity contribution in [1.82, 2.24) is 9.88 Å². The molecule has 0 saturated heterocycles. The number of aromatic nitrogens is 1. The number of fused-ring (bicyclic) bond motifs is 2. The van der Waals surface area contributed by atoms with Crippen molar-refractivity contribution in [3.63, 3.8) is 0 Å². The molecule has 6 nitrogen and oxygen atoms in total. The van der Waals surface area contributed by atoms with Gasteiger partial charge >= 0.3 is 0 Å². The molecule has 6 atom stereocenters. The number of sulfone groups is 1. The molecule has 3 aromatic rings. The van der Waals surface area contributed by atoms with Crippen LogP contribution in [0, 0.1) is 23.2 Å². The van der Waals surface area contributed by atoms with Gasteiger partial charge in [-0.1, -0.05) is 62.7 Å². The average Bonchev–Trinajstić information content (AvgIpc) is 3.29. The molecular formula is C31H37ClN2O4S2. The maximum atomic E-state index is 13.4. The Balaban J connectivity index is 1.33. The zero-order valence-electron chi connectivity index (χ0n) is 23.4. The highest BCUT2D eigenvalue weighted by atomic mass is 35.5. The van der Waals surface area contributed by atoms with Crippen LogP contribution in [0.2, 0.25) is 5.02 Å². The summed E-state index contributed by atoms with van der Waals surface area (Å²) in [6, 6.07) is 16.1. The third-order valence-electron chi connectivity index (χ3n) is 9.12. The molecule has 214 valence electrons. The van der Waals surface area contributed by atoms with Crippen molar-refractivity contribution in [3.05, 3.63) is 80.8 Å². The quantitative estimate of drug-likeness (QED) is 0.353. The lowest BCUT2D eigenvalue weighted by Crippen LogP contribution is -2.53. The van der Waals surface area contributed by atoms with E-state index in [1.54, 1.807) is 17.0 Å². The van der Waals surface area contributed by atoms with Crippen LogP contribution in [0.4, 0.5) is 0 Å². The molecule has 2 aliphatic rings. The Hall–Kier alpha value is -2.26. The summed E-state index contributed by atoms with van der Waals surface area (Å²) in [7, 11) is -1.73. The minimum absolute atomic E-state index is 0.0425. The van der Waals surface area contributed by atoms with Crippen LogP contribution in [0.15, 0.2) is 59.5 Å². The smallest absolute Gasteiger partial charge is 0.225 e. The maximum Gasteiger partial charge on any atom is 0.225 e. The van der Waals surface area contributed by atoms with Crippen molar-refractivity contribution in [2.24, 2.45) is 23.2 Å². The highest BCUT2D eigenvalue weighted by molar-refractivity contribution is 7.90. The molecule has 2 aromatic carbocycles. The van der Waals surface area contributed by atoms with Crippen LogP contribution in [0.5, 0.6) is 0 Å². The van der Waals surface area contributed by atoms with E-state index in [0.717, 1.165) is 35.4 Å². The van der Waals surface area contributed by atoms with Crippen molar-refractivity contribution in [3.8, 4) is 0 Å². The second-order valence-corrected chi connectivity index (χ2v) is 15.5. The molecule has 5 rings (SSSR count). The van der Waals surface area contributed by atoms with Gasteiger partial charge in [0.1, 0.15) is 10.8 Å². The number of benzene rings is 2. The number of aliphatic hydroxyl groups excluding tert-OH is 1. The molecule has 0 spiro atoms. The molecule has 2 aliphatic carbocycles. The first kappa shape index (κ1) is 29.2. The topological polar surface area (TPSA) is 87.6 Å². The van der Waals surface area contributed by atoms with Gasteiger partial charge in [-0.05, 0) is 66.3 Å². The number of thiazole rings is 1. The Morgan fingerprint density at radius 2 is 1.88 bits per heavy atom. The second kappa shape index (κ2) is 11.2. The summed E-state index contributed by atoms with van der Waals surface area (Å²) in [6.07, 6.45) is 1.79. The second-order valence-electron chi connectivity index (χ2n) is 11.9. The number of rotatable bonds is 7. The number of carbonyl (C=O) groups is 1. The lowest BCUT2D eigenvalue weighted by atomic mass is 9.53. The van der Waals surface area contributed by atoms with Crippen LogP contribution in [0.1, 0.15) is 60.7 Å². The van der Waals surface area contributed by atoms with Crippen LogP contribution in [-0.4, -0.2) is 42.5 Å². The van der Waals surface area contributed by atoms with Gasteiger partial charge in [-0.2, -0.15) is 0 Å². The number of hydrogen-bond acceptors (Lipinski definition) is 6. The summed E-state index contributed by atoms with van der Waals surface area (Å²) in [5.74, 6) is -0.668. The number of aliphatic hydroxyl groups is 1. The van der Waals surface area contributed by atoms with Crippen molar-refractivity contribution < 1.29 is 18.3 Å². The molecule has 0 radical (unpaired) electrons. The van der Waals surface area contributed by atoms with Crippen LogP contribution in [0.3, 0.4) is 0 Å². The van der Waals surface area contributed by atoms with E-state index in [4.69, 9.17) is 16.6 Å². The molecule has 40 heavy (non-hydrogen) atoms. The molecule has 0 aliphatic heterocycles. The molecule has 1 N–H and O–H groups in total. The molecule has 0 unspecified atom stereocenters. The fraction of sp³-hybridized carbons (Fsp3) is 0.484. The first-order valence-corrected chi connectivity index (χ1v) is 16.7. The molecule has 0 bridgehead atoms. The summed E-state index contributed by atoms with van der Waals surface area (Å²) in [6.45, 7) is 6.81. The van der Waals surface area contributed by atoms with Gasteiger partial charge in [0.05, 0.1) is 16.7 Å². The van der Waals surface area contributed by atoms with E-state index < -0.39 is 15.9 Å². The molecule has 1 fully saturated rings. The van der Waals surface area contributed by atoms with E-state index in [1.165, 1.54) is 23.5 Å². The third kappa shape index (κ3) is 5.60. The fourth-order valence-corrected chi connectivity index (χ4v) is 10.1. The highest BCUT2D eigenvalue weighted by Gasteiger charge is 2.54. The third-order valence-corrected chi connectivity index (χ3v) is 12.3. The van der Waals surface area contributed by atoms with Gasteiger partial charge in [0.15, 0.2) is 9.84 Å². The summed E-state index contributed by atoms with van der Waals surface area (Å²) >= 11 is 7.42. The van der Waals surface area contributed by atoms with Crippen LogP contribution < -0.4 is 0 Å². The zero-order valence-corrected chi connectivity index (χ0v) is 25.8. The van der Waals surface area contributed by atoms with Crippen molar-refractivity contribution in [2.45, 2.75) is 69.2 Å². The van der Waals surface area contributed by atoms with E-state index in [-0.39, 0.29) is 45.6 Å². The lowest BCUT2D eigenvalue weighted by molar-refractivity contribution is -0.144. The zero-order chi connectivity index (χ0) is 28.8. The Labute approximate surface area is 246 Å². The number of nitrogens with zero attached hydrogens (tertiary/aromatic N) is 2. The Bertz CT molecular complexity index is 1470. The van der Waals surface area contributed by atoms with Gasteiger partial charge < -0.3 is 10.0 Å². The monoisotopic (exact) mass is 600 g/mol. The normalized spacial score (nSPS) is 26.9. The Morgan fingerprint density at radius 1 is 1.20 bits per heavy atom. The van der Waals surface area contributed by atoms with Gasteiger partial charge in [0.2, 0.25) is 5.91 Å². The maximum absolute atomic E-state index is 13.4. The molecule has 1 aromatic heterocycles. The number of carbonyl (C=O) groups excluding carboxylic acids is 1. The van der Waals surface area contributed by atoms with E-state index in [2.05, 4.69) is 13.8 Å². The standard InChI is InChI=1S/C31H37ClN2O4S2/c1-19(30(36)34(4)17-21-8-6-5-7-9-21)24-14-15-31(3)16-25-28(20(2)27(31)29(24)35)33-26(39-25)18-40(37,38)23-12-10-22(32)11-13-23/h5-13,19-20,24,27,29,35H,14-18H2,1-4H3/t19-,20-,24+,27+,29-,31-/m0/s1. The van der Waals surface area contributed by atoms with Gasteiger partial charge in [-0.25, -0.2) is 13.4 Å². The number of hydrogen-bond donors (Lipinski definition) is 1. The highest BCUT2D eigenvalue weighted by Crippen LogP contribution is 2.57. The van der Waals surface area contributed by atoms with Gasteiger partial charge in [0, 0.05) is 35.3 Å². The minimum atomic E-state index is -3.56. The van der Waals surface area contributed by atoms with Crippen LogP contribution in [-0.2, 0) is 33.4 Å². The summed E-state index contributed by atoms with van der Waals surface area (Å²) in [5.41, 5.74) is 1.83. The van der Waals surface area contributed by atoms with E-state index >= 15 is 0 Å².